The molecule has 0 aliphatic carbocycles. The maximum atomic E-state index is 13.4. The largest absolute Gasteiger partial charge is 0.361 e. The summed E-state index contributed by atoms with van der Waals surface area (Å²) >= 11 is 0. The Hall–Kier alpha value is -2.25. The van der Waals surface area contributed by atoms with Crippen molar-refractivity contribution in [3.63, 3.8) is 0 Å². The minimum atomic E-state index is -3.64. The minimum Gasteiger partial charge on any atom is -0.361 e. The van der Waals surface area contributed by atoms with Crippen LogP contribution >= 0.6 is 0 Å². The third kappa shape index (κ3) is 3.26. The van der Waals surface area contributed by atoms with Crippen LogP contribution in [0.3, 0.4) is 0 Å². The number of fused-ring (bicyclic) bond motifs is 1. The van der Waals surface area contributed by atoms with E-state index in [4.69, 9.17) is 0 Å². The number of hydrogen-bond acceptors (Lipinski definition) is 2. The van der Waals surface area contributed by atoms with E-state index in [1.807, 2.05) is 6.20 Å². The van der Waals surface area contributed by atoms with Crippen LogP contribution in [-0.4, -0.2) is 30.8 Å². The number of rotatable bonds is 3. The molecule has 1 N–H and O–H groups in total. The molecule has 4 nitrogen and oxygen atoms in total. The summed E-state index contributed by atoms with van der Waals surface area (Å²) in [4.78, 5) is 3.26. The van der Waals surface area contributed by atoms with Gasteiger partial charge < -0.3 is 4.98 Å². The van der Waals surface area contributed by atoms with Gasteiger partial charge in [-0.3, -0.25) is 0 Å². The Labute approximate surface area is 156 Å². The number of aromatic amines is 1. The lowest BCUT2D eigenvalue weighted by Gasteiger charge is -2.31. The smallest absolute Gasteiger partial charge is 0.243 e. The number of nitrogens with zero attached hydrogens (tertiary/aromatic N) is 1. The molecule has 27 heavy (non-hydrogen) atoms. The summed E-state index contributed by atoms with van der Waals surface area (Å²) in [5.41, 5.74) is 2.26. The van der Waals surface area contributed by atoms with Crippen LogP contribution in [0.25, 0.3) is 10.9 Å². The molecule has 0 saturated carbocycles. The maximum absolute atomic E-state index is 13.4. The lowest BCUT2D eigenvalue weighted by atomic mass is 9.90. The first kappa shape index (κ1) is 18.1. The summed E-state index contributed by atoms with van der Waals surface area (Å²) in [5, 5.41) is 0.979. The van der Waals surface area contributed by atoms with E-state index in [0.717, 1.165) is 16.5 Å². The molecule has 1 aliphatic heterocycles. The normalized spacial score (nSPS) is 16.9. The molecule has 142 valence electrons. The van der Waals surface area contributed by atoms with Crippen molar-refractivity contribution in [3.05, 3.63) is 65.4 Å². The van der Waals surface area contributed by atoms with Gasteiger partial charge in [-0.05, 0) is 73.2 Å². The van der Waals surface area contributed by atoms with Gasteiger partial charge in [0.05, 0.1) is 4.90 Å². The number of H-pyrrole nitrogens is 1. The summed E-state index contributed by atoms with van der Waals surface area (Å²) in [5.74, 6) is -0.516. The number of sulfonamides is 1. The molecule has 0 bridgehead atoms. The highest BCUT2D eigenvalue weighted by Crippen LogP contribution is 2.35. The van der Waals surface area contributed by atoms with Gasteiger partial charge >= 0.3 is 0 Å². The van der Waals surface area contributed by atoms with Crippen molar-refractivity contribution < 1.29 is 17.2 Å². The topological polar surface area (TPSA) is 53.2 Å². The molecule has 0 radical (unpaired) electrons. The molecular formula is C20H20F2N2O2S. The highest BCUT2D eigenvalue weighted by molar-refractivity contribution is 7.89. The maximum Gasteiger partial charge on any atom is 0.243 e. The second kappa shape index (κ2) is 6.73. The minimum absolute atomic E-state index is 0.157. The summed E-state index contributed by atoms with van der Waals surface area (Å²) in [6.45, 7) is 2.41. The lowest BCUT2D eigenvalue weighted by Crippen LogP contribution is -2.38. The standard InChI is InChI=1S/C20H20F2N2O2S/c1-13-10-15(21)3-5-20(13)27(25,26)24-8-6-14(7-9-24)18-12-23-19-11-16(22)2-4-17(18)19/h2-5,10-12,14,23H,6-9H2,1H3. The van der Waals surface area contributed by atoms with Crippen LogP contribution in [0.5, 0.6) is 0 Å². The van der Waals surface area contributed by atoms with Gasteiger partial charge in [0.15, 0.2) is 0 Å². The molecule has 1 fully saturated rings. The summed E-state index contributed by atoms with van der Waals surface area (Å²) in [7, 11) is -3.64. The third-order valence-electron chi connectivity index (χ3n) is 5.32. The predicted octanol–water partition coefficient (Wildman–Crippen LogP) is 4.32. The van der Waals surface area contributed by atoms with Crippen LogP contribution in [0.1, 0.15) is 29.9 Å². The zero-order chi connectivity index (χ0) is 19.2. The van der Waals surface area contributed by atoms with Crippen molar-refractivity contribution >= 4 is 20.9 Å². The van der Waals surface area contributed by atoms with Crippen LogP contribution in [0, 0.1) is 18.6 Å². The quantitative estimate of drug-likeness (QED) is 0.724. The molecule has 7 heteroatoms. The Morgan fingerprint density at radius 1 is 1.04 bits per heavy atom. The fourth-order valence-corrected chi connectivity index (χ4v) is 5.58. The zero-order valence-electron chi connectivity index (χ0n) is 14.9. The van der Waals surface area contributed by atoms with E-state index in [9.17, 15) is 17.2 Å². The average Bonchev–Trinajstić information content (AvgIpc) is 3.04. The van der Waals surface area contributed by atoms with Gasteiger partial charge in [0.25, 0.3) is 0 Å². The van der Waals surface area contributed by atoms with Crippen molar-refractivity contribution in [3.8, 4) is 0 Å². The third-order valence-corrected chi connectivity index (χ3v) is 7.38. The number of hydrogen-bond donors (Lipinski definition) is 1. The molecule has 2 heterocycles. The molecule has 0 amide bonds. The molecule has 1 saturated heterocycles. The fraction of sp³-hybridized carbons (Fsp3) is 0.300. The number of nitrogens with one attached hydrogen (secondary N) is 1. The Kier molecular flexibility index (Phi) is 4.52. The van der Waals surface area contributed by atoms with Gasteiger partial charge in [-0.2, -0.15) is 4.31 Å². The molecule has 0 spiro atoms. The van der Waals surface area contributed by atoms with Crippen molar-refractivity contribution in [1.82, 2.24) is 9.29 Å². The van der Waals surface area contributed by atoms with E-state index in [-0.39, 0.29) is 16.6 Å². The van der Waals surface area contributed by atoms with Gasteiger partial charge in [-0.15, -0.1) is 0 Å². The number of benzene rings is 2. The van der Waals surface area contributed by atoms with Crippen LogP contribution in [0.4, 0.5) is 8.78 Å². The average molecular weight is 390 g/mol. The number of aryl methyl sites for hydroxylation is 1. The Balaban J connectivity index is 1.54. The first-order valence-electron chi connectivity index (χ1n) is 8.89. The fourth-order valence-electron chi connectivity index (χ4n) is 3.91. The lowest BCUT2D eigenvalue weighted by molar-refractivity contribution is 0.320. The van der Waals surface area contributed by atoms with Gasteiger partial charge in [0.2, 0.25) is 10.0 Å². The van der Waals surface area contributed by atoms with Crippen molar-refractivity contribution in [2.45, 2.75) is 30.6 Å². The first-order valence-corrected chi connectivity index (χ1v) is 10.3. The molecule has 2 aromatic carbocycles. The van der Waals surface area contributed by atoms with Crippen LogP contribution in [0.2, 0.25) is 0 Å². The van der Waals surface area contributed by atoms with E-state index >= 15 is 0 Å². The highest BCUT2D eigenvalue weighted by Gasteiger charge is 2.31. The molecule has 4 rings (SSSR count). The molecule has 0 atom stereocenters. The van der Waals surface area contributed by atoms with Gasteiger partial charge in [-0.25, -0.2) is 17.2 Å². The predicted molar refractivity (Wildman–Crippen MR) is 100 cm³/mol. The van der Waals surface area contributed by atoms with E-state index in [2.05, 4.69) is 4.98 Å². The number of halogens is 2. The van der Waals surface area contributed by atoms with Crippen molar-refractivity contribution in [2.24, 2.45) is 0 Å². The summed E-state index contributed by atoms with van der Waals surface area (Å²) in [6, 6.07) is 8.43. The zero-order valence-corrected chi connectivity index (χ0v) is 15.7. The molecule has 0 unspecified atom stereocenters. The first-order chi connectivity index (χ1) is 12.9. The monoisotopic (exact) mass is 390 g/mol. The second-order valence-electron chi connectivity index (χ2n) is 7.02. The van der Waals surface area contributed by atoms with E-state index < -0.39 is 15.8 Å². The molecule has 1 aromatic heterocycles. The van der Waals surface area contributed by atoms with Gasteiger partial charge in [0.1, 0.15) is 11.6 Å². The molecular weight excluding hydrogens is 370 g/mol. The Bertz CT molecular complexity index is 1100. The molecule has 3 aromatic rings. The van der Waals surface area contributed by atoms with Crippen LogP contribution in [0.15, 0.2) is 47.5 Å². The van der Waals surface area contributed by atoms with Crippen molar-refractivity contribution in [1.29, 1.82) is 0 Å². The van der Waals surface area contributed by atoms with E-state index in [1.165, 1.54) is 34.6 Å². The number of aromatic nitrogens is 1. The Morgan fingerprint density at radius 3 is 2.41 bits per heavy atom. The summed E-state index contributed by atoms with van der Waals surface area (Å²) in [6.07, 6.45) is 3.26. The second-order valence-corrected chi connectivity index (χ2v) is 8.93. The highest BCUT2D eigenvalue weighted by atomic mass is 32.2. The van der Waals surface area contributed by atoms with Crippen LogP contribution in [-0.2, 0) is 10.0 Å². The summed E-state index contributed by atoms with van der Waals surface area (Å²) < 4.78 is 54.0. The number of piperidine rings is 1. The van der Waals surface area contributed by atoms with E-state index in [1.54, 1.807) is 13.0 Å². The Morgan fingerprint density at radius 2 is 1.70 bits per heavy atom. The van der Waals surface area contributed by atoms with Crippen molar-refractivity contribution in [2.75, 3.05) is 13.1 Å². The van der Waals surface area contributed by atoms with E-state index in [0.29, 0.717) is 31.5 Å². The van der Waals surface area contributed by atoms with Gasteiger partial charge in [-0.1, -0.05) is 0 Å². The van der Waals surface area contributed by atoms with Gasteiger partial charge in [0, 0.05) is 30.2 Å². The van der Waals surface area contributed by atoms with Crippen LogP contribution < -0.4 is 0 Å². The SMILES string of the molecule is Cc1cc(F)ccc1S(=O)(=O)N1CCC(c2c[nH]c3cc(F)ccc23)CC1. The molecule has 1 aliphatic rings.